The van der Waals surface area contributed by atoms with Gasteiger partial charge in [-0.3, -0.25) is 4.99 Å². The van der Waals surface area contributed by atoms with Gasteiger partial charge in [0.05, 0.1) is 0 Å². The van der Waals surface area contributed by atoms with E-state index in [0.717, 1.165) is 30.1 Å². The maximum atomic E-state index is 4.46. The predicted octanol–water partition coefficient (Wildman–Crippen LogP) is 3.48. The fourth-order valence-corrected chi connectivity index (χ4v) is 1.99. The van der Waals surface area contributed by atoms with E-state index in [1.54, 1.807) is 0 Å². The van der Waals surface area contributed by atoms with Crippen LogP contribution in [0.3, 0.4) is 0 Å². The number of benzene rings is 1. The monoisotopic (exact) mass is 425 g/mol. The third-order valence-electron chi connectivity index (χ3n) is 2.37. The molecule has 0 aliphatic carbocycles. The van der Waals surface area contributed by atoms with E-state index in [1.165, 1.54) is 5.56 Å². The van der Waals surface area contributed by atoms with Crippen LogP contribution in [0.1, 0.15) is 19.4 Å². The van der Waals surface area contributed by atoms with Crippen molar-refractivity contribution >= 4 is 45.9 Å². The molecule has 0 aliphatic heterocycles. The van der Waals surface area contributed by atoms with E-state index in [2.05, 4.69) is 63.3 Å². The van der Waals surface area contributed by atoms with Crippen molar-refractivity contribution < 1.29 is 0 Å². The lowest BCUT2D eigenvalue weighted by Gasteiger charge is -2.22. The molecule has 0 unspecified atom stereocenters. The van der Waals surface area contributed by atoms with Crippen LogP contribution in [0.15, 0.2) is 33.7 Å². The summed E-state index contributed by atoms with van der Waals surface area (Å²) in [5, 5.41) is 3.28. The van der Waals surface area contributed by atoms with Gasteiger partial charge in [-0.15, -0.1) is 24.0 Å². The van der Waals surface area contributed by atoms with Crippen LogP contribution >= 0.6 is 39.9 Å². The zero-order chi connectivity index (χ0) is 12.7. The molecule has 18 heavy (non-hydrogen) atoms. The van der Waals surface area contributed by atoms with Crippen molar-refractivity contribution in [1.29, 1.82) is 0 Å². The molecule has 1 rings (SSSR count). The summed E-state index contributed by atoms with van der Waals surface area (Å²) in [5.74, 6) is 0.950. The van der Waals surface area contributed by atoms with Crippen molar-refractivity contribution in [1.82, 2.24) is 10.2 Å². The van der Waals surface area contributed by atoms with E-state index >= 15 is 0 Å². The van der Waals surface area contributed by atoms with Gasteiger partial charge in [0.25, 0.3) is 0 Å². The van der Waals surface area contributed by atoms with Gasteiger partial charge >= 0.3 is 0 Å². The Bertz CT molecular complexity index is 382. The first-order chi connectivity index (χ1) is 8.19. The Labute approximate surface area is 135 Å². The lowest BCUT2D eigenvalue weighted by molar-refractivity contribution is 0.476. The molecule has 1 aromatic rings. The molecule has 0 aromatic heterocycles. The van der Waals surface area contributed by atoms with Crippen molar-refractivity contribution in [2.75, 3.05) is 20.1 Å². The first-order valence-corrected chi connectivity index (χ1v) is 6.71. The van der Waals surface area contributed by atoms with E-state index in [9.17, 15) is 0 Å². The average Bonchev–Trinajstić information content (AvgIpc) is 2.32. The van der Waals surface area contributed by atoms with Gasteiger partial charge < -0.3 is 10.2 Å². The third-order valence-corrected chi connectivity index (χ3v) is 3.14. The fourth-order valence-electron chi connectivity index (χ4n) is 1.58. The molecule has 0 fully saturated rings. The van der Waals surface area contributed by atoms with E-state index in [-0.39, 0.29) is 24.0 Å². The zero-order valence-corrected chi connectivity index (χ0v) is 15.0. The second-order valence-electron chi connectivity index (χ2n) is 3.78. The lowest BCUT2D eigenvalue weighted by atomic mass is 10.2. The largest absolute Gasteiger partial charge is 0.357 e. The van der Waals surface area contributed by atoms with Gasteiger partial charge in [0, 0.05) is 31.2 Å². The Balaban J connectivity index is 0.00000289. The summed E-state index contributed by atoms with van der Waals surface area (Å²) in [6, 6.07) is 8.26. The topological polar surface area (TPSA) is 27.6 Å². The summed E-state index contributed by atoms with van der Waals surface area (Å²) < 4.78 is 1.14. The molecule has 1 N–H and O–H groups in total. The van der Waals surface area contributed by atoms with Gasteiger partial charge in [-0.2, -0.15) is 0 Å². The molecule has 1 aromatic carbocycles. The molecule has 0 saturated heterocycles. The van der Waals surface area contributed by atoms with Crippen LogP contribution in [0.5, 0.6) is 0 Å². The lowest BCUT2D eigenvalue weighted by Crippen LogP contribution is -2.38. The van der Waals surface area contributed by atoms with Gasteiger partial charge in [0.1, 0.15) is 0 Å². The minimum absolute atomic E-state index is 0. The van der Waals surface area contributed by atoms with Gasteiger partial charge in [0.2, 0.25) is 0 Å². The molecule has 0 spiro atoms. The molecule has 0 heterocycles. The molecule has 102 valence electrons. The standard InChI is InChI=1S/C13H20BrN3.HI/c1-4-15-13(16-5-2)17(3)10-11-8-6-7-9-12(11)14;/h6-9H,4-5,10H2,1-3H3,(H,15,16);1H. The highest BCUT2D eigenvalue weighted by molar-refractivity contribution is 14.0. The minimum atomic E-state index is 0. The van der Waals surface area contributed by atoms with Crippen LogP contribution in [-0.2, 0) is 6.54 Å². The molecular formula is C13H21BrIN3. The number of halogens is 2. The highest BCUT2D eigenvalue weighted by atomic mass is 127. The molecular weight excluding hydrogens is 405 g/mol. The van der Waals surface area contributed by atoms with E-state index < -0.39 is 0 Å². The number of guanidine groups is 1. The Morgan fingerprint density at radius 2 is 2.00 bits per heavy atom. The maximum Gasteiger partial charge on any atom is 0.193 e. The molecule has 0 aliphatic rings. The van der Waals surface area contributed by atoms with Gasteiger partial charge in [-0.25, -0.2) is 0 Å². The summed E-state index contributed by atoms with van der Waals surface area (Å²) in [5.41, 5.74) is 1.26. The Morgan fingerprint density at radius 1 is 1.33 bits per heavy atom. The van der Waals surface area contributed by atoms with Crippen molar-refractivity contribution in [2.24, 2.45) is 4.99 Å². The van der Waals surface area contributed by atoms with Crippen LogP contribution in [0, 0.1) is 0 Å². The van der Waals surface area contributed by atoms with Crippen LogP contribution in [0.25, 0.3) is 0 Å². The van der Waals surface area contributed by atoms with Crippen LogP contribution in [0.2, 0.25) is 0 Å². The average molecular weight is 426 g/mol. The summed E-state index contributed by atoms with van der Waals surface area (Å²) in [7, 11) is 2.05. The smallest absolute Gasteiger partial charge is 0.193 e. The van der Waals surface area contributed by atoms with Crippen molar-refractivity contribution in [3.8, 4) is 0 Å². The van der Waals surface area contributed by atoms with Crippen LogP contribution in [-0.4, -0.2) is 31.0 Å². The quantitative estimate of drug-likeness (QED) is 0.454. The summed E-state index contributed by atoms with van der Waals surface area (Å²) >= 11 is 3.56. The molecule has 5 heteroatoms. The second-order valence-corrected chi connectivity index (χ2v) is 4.63. The van der Waals surface area contributed by atoms with E-state index in [0.29, 0.717) is 0 Å². The first-order valence-electron chi connectivity index (χ1n) is 5.91. The highest BCUT2D eigenvalue weighted by Crippen LogP contribution is 2.17. The van der Waals surface area contributed by atoms with Gasteiger partial charge in [-0.1, -0.05) is 34.1 Å². The van der Waals surface area contributed by atoms with E-state index in [1.807, 2.05) is 13.0 Å². The van der Waals surface area contributed by atoms with Gasteiger partial charge in [-0.05, 0) is 25.5 Å². The third kappa shape index (κ3) is 5.56. The van der Waals surface area contributed by atoms with E-state index in [4.69, 9.17) is 0 Å². The minimum Gasteiger partial charge on any atom is -0.357 e. The molecule has 0 saturated carbocycles. The van der Waals surface area contributed by atoms with Crippen molar-refractivity contribution in [3.05, 3.63) is 34.3 Å². The fraction of sp³-hybridized carbons (Fsp3) is 0.462. The summed E-state index contributed by atoms with van der Waals surface area (Å²) in [6.07, 6.45) is 0. The van der Waals surface area contributed by atoms with Crippen molar-refractivity contribution in [2.45, 2.75) is 20.4 Å². The number of aliphatic imine (C=N–C) groups is 1. The normalized spacial score (nSPS) is 10.8. The SMILES string of the molecule is CCN=C(NCC)N(C)Cc1ccccc1Br.I. The molecule has 0 radical (unpaired) electrons. The second kappa shape index (κ2) is 9.61. The van der Waals surface area contributed by atoms with Gasteiger partial charge in [0.15, 0.2) is 5.96 Å². The van der Waals surface area contributed by atoms with Crippen LogP contribution < -0.4 is 5.32 Å². The number of hydrogen-bond acceptors (Lipinski definition) is 1. The predicted molar refractivity (Wildman–Crippen MR) is 92.7 cm³/mol. The van der Waals surface area contributed by atoms with Crippen LogP contribution in [0.4, 0.5) is 0 Å². The molecule has 3 nitrogen and oxygen atoms in total. The Hall–Kier alpha value is -0.300. The number of rotatable bonds is 4. The number of nitrogens with zero attached hydrogens (tertiary/aromatic N) is 2. The number of nitrogens with one attached hydrogen (secondary N) is 1. The Kier molecular flexibility index (Phi) is 9.45. The summed E-state index contributed by atoms with van der Waals surface area (Å²) in [4.78, 5) is 6.59. The number of hydrogen-bond donors (Lipinski definition) is 1. The zero-order valence-electron chi connectivity index (χ0n) is 11.1. The molecule has 0 amide bonds. The summed E-state index contributed by atoms with van der Waals surface area (Å²) in [6.45, 7) is 6.65. The van der Waals surface area contributed by atoms with Crippen molar-refractivity contribution in [3.63, 3.8) is 0 Å². The Morgan fingerprint density at radius 3 is 2.56 bits per heavy atom. The molecule has 0 bridgehead atoms. The molecule has 0 atom stereocenters. The highest BCUT2D eigenvalue weighted by Gasteiger charge is 2.07. The maximum absolute atomic E-state index is 4.46. The first kappa shape index (κ1) is 17.7.